The molecule has 1 aliphatic carbocycles. The van der Waals surface area contributed by atoms with Gasteiger partial charge in [0.25, 0.3) is 5.91 Å². The quantitative estimate of drug-likeness (QED) is 0.460. The van der Waals surface area contributed by atoms with Crippen molar-refractivity contribution >= 4 is 5.91 Å². The van der Waals surface area contributed by atoms with Crippen LogP contribution in [0.1, 0.15) is 40.9 Å². The van der Waals surface area contributed by atoms with Crippen molar-refractivity contribution in [3.63, 3.8) is 0 Å². The maximum Gasteiger partial charge on any atom is 0.270 e. The van der Waals surface area contributed by atoms with Gasteiger partial charge in [-0.3, -0.25) is 19.1 Å². The molecule has 1 amide bonds. The SMILES string of the molecule is Cn1cc(-c2ccc(Cc3cc(C(=O)N[C@H]4CCC[C@@H]4O)nc(-c4ccn(C)n4)c3)cn2)cn1. The second-order valence-corrected chi connectivity index (χ2v) is 8.83. The normalized spacial score (nSPS) is 17.7. The Morgan fingerprint density at radius 1 is 1.06 bits per heavy atom. The van der Waals surface area contributed by atoms with E-state index in [9.17, 15) is 9.90 Å². The molecule has 0 radical (unpaired) electrons. The Bertz CT molecular complexity index is 1310. The van der Waals surface area contributed by atoms with Gasteiger partial charge >= 0.3 is 0 Å². The molecule has 4 aromatic heterocycles. The molecule has 4 aromatic rings. The van der Waals surface area contributed by atoms with Gasteiger partial charge in [0.2, 0.25) is 0 Å². The van der Waals surface area contributed by atoms with Crippen LogP contribution in [0, 0.1) is 0 Å². The molecule has 0 aliphatic heterocycles. The summed E-state index contributed by atoms with van der Waals surface area (Å²) in [4.78, 5) is 22.2. The summed E-state index contributed by atoms with van der Waals surface area (Å²) in [5.41, 5.74) is 5.42. The number of pyridine rings is 2. The molecule has 0 saturated heterocycles. The lowest BCUT2D eigenvalue weighted by molar-refractivity contribution is 0.0868. The van der Waals surface area contributed by atoms with Gasteiger partial charge in [-0.1, -0.05) is 6.07 Å². The highest BCUT2D eigenvalue weighted by Crippen LogP contribution is 2.23. The number of hydrogen-bond donors (Lipinski definition) is 2. The highest BCUT2D eigenvalue weighted by Gasteiger charge is 2.27. The number of aromatic nitrogens is 6. The van der Waals surface area contributed by atoms with Gasteiger partial charge in [-0.05, 0) is 61.1 Å². The highest BCUT2D eigenvalue weighted by molar-refractivity contribution is 5.93. The smallest absolute Gasteiger partial charge is 0.270 e. The Balaban J connectivity index is 1.42. The van der Waals surface area contributed by atoms with Gasteiger partial charge in [0.05, 0.1) is 29.7 Å². The molecule has 5 rings (SSSR count). The molecule has 4 heterocycles. The van der Waals surface area contributed by atoms with Crippen LogP contribution in [0.5, 0.6) is 0 Å². The Morgan fingerprint density at radius 3 is 2.59 bits per heavy atom. The van der Waals surface area contributed by atoms with Crippen LogP contribution in [-0.2, 0) is 20.5 Å². The van der Waals surface area contributed by atoms with Crippen molar-refractivity contribution in [2.75, 3.05) is 0 Å². The average molecular weight is 458 g/mol. The number of rotatable bonds is 6. The lowest BCUT2D eigenvalue weighted by atomic mass is 10.0. The molecule has 1 saturated carbocycles. The van der Waals surface area contributed by atoms with Crippen molar-refractivity contribution in [1.29, 1.82) is 0 Å². The summed E-state index contributed by atoms with van der Waals surface area (Å²) in [5, 5.41) is 21.7. The minimum absolute atomic E-state index is 0.236. The maximum absolute atomic E-state index is 13.0. The van der Waals surface area contributed by atoms with Gasteiger partial charge in [0.1, 0.15) is 11.4 Å². The molecule has 2 atom stereocenters. The summed E-state index contributed by atoms with van der Waals surface area (Å²) in [6.07, 6.45) is 9.88. The lowest BCUT2D eigenvalue weighted by Crippen LogP contribution is -2.40. The van der Waals surface area contributed by atoms with Crippen molar-refractivity contribution in [3.05, 3.63) is 71.9 Å². The number of nitrogens with one attached hydrogen (secondary N) is 1. The molecular formula is C25H27N7O2. The van der Waals surface area contributed by atoms with Crippen molar-refractivity contribution < 1.29 is 9.90 Å². The summed E-state index contributed by atoms with van der Waals surface area (Å²) >= 11 is 0. The molecule has 0 unspecified atom stereocenters. The van der Waals surface area contributed by atoms with E-state index in [1.165, 1.54) is 0 Å². The maximum atomic E-state index is 13.0. The van der Waals surface area contributed by atoms with E-state index in [1.54, 1.807) is 21.6 Å². The van der Waals surface area contributed by atoms with Crippen LogP contribution >= 0.6 is 0 Å². The van der Waals surface area contributed by atoms with Gasteiger partial charge in [-0.25, -0.2) is 4.98 Å². The third kappa shape index (κ3) is 4.74. The average Bonchev–Trinajstić information content (AvgIpc) is 3.56. The van der Waals surface area contributed by atoms with Gasteiger partial charge in [-0.15, -0.1) is 0 Å². The number of aryl methyl sites for hydroxylation is 2. The van der Waals surface area contributed by atoms with Crippen LogP contribution in [0.2, 0.25) is 0 Å². The number of carbonyl (C=O) groups excluding carboxylic acids is 1. The van der Waals surface area contributed by atoms with Crippen LogP contribution in [0.3, 0.4) is 0 Å². The van der Waals surface area contributed by atoms with E-state index in [0.717, 1.165) is 35.2 Å². The van der Waals surface area contributed by atoms with Crippen LogP contribution in [0.25, 0.3) is 22.6 Å². The molecule has 34 heavy (non-hydrogen) atoms. The molecule has 0 bridgehead atoms. The van der Waals surface area contributed by atoms with Crippen molar-refractivity contribution in [2.24, 2.45) is 14.1 Å². The van der Waals surface area contributed by atoms with E-state index in [4.69, 9.17) is 0 Å². The number of amides is 1. The first-order valence-electron chi connectivity index (χ1n) is 11.4. The molecule has 174 valence electrons. The van der Waals surface area contributed by atoms with Crippen LogP contribution in [-0.4, -0.2) is 52.7 Å². The van der Waals surface area contributed by atoms with E-state index in [-0.39, 0.29) is 11.9 Å². The second kappa shape index (κ2) is 9.18. The monoisotopic (exact) mass is 457 g/mol. The highest BCUT2D eigenvalue weighted by atomic mass is 16.3. The van der Waals surface area contributed by atoms with E-state index < -0.39 is 6.10 Å². The molecule has 0 spiro atoms. The van der Waals surface area contributed by atoms with Gasteiger partial charge < -0.3 is 10.4 Å². The predicted molar refractivity (Wildman–Crippen MR) is 127 cm³/mol. The predicted octanol–water partition coefficient (Wildman–Crippen LogP) is 2.51. The molecule has 9 heteroatoms. The Kier molecular flexibility index (Phi) is 5.93. The zero-order chi connectivity index (χ0) is 23.7. The molecule has 1 fully saturated rings. The summed E-state index contributed by atoms with van der Waals surface area (Å²) in [6.45, 7) is 0. The van der Waals surface area contributed by atoms with Crippen molar-refractivity contribution in [1.82, 2.24) is 34.8 Å². The van der Waals surface area contributed by atoms with E-state index in [2.05, 4.69) is 25.5 Å². The second-order valence-electron chi connectivity index (χ2n) is 8.83. The fourth-order valence-electron chi connectivity index (χ4n) is 4.33. The largest absolute Gasteiger partial charge is 0.391 e. The Morgan fingerprint density at radius 2 is 1.94 bits per heavy atom. The fourth-order valence-corrected chi connectivity index (χ4v) is 4.33. The van der Waals surface area contributed by atoms with Gasteiger partial charge in [-0.2, -0.15) is 10.2 Å². The fraction of sp³-hybridized carbons (Fsp3) is 0.320. The first-order chi connectivity index (χ1) is 16.4. The van der Waals surface area contributed by atoms with Crippen LogP contribution in [0.4, 0.5) is 0 Å². The number of aliphatic hydroxyl groups excluding tert-OH is 1. The zero-order valence-electron chi connectivity index (χ0n) is 19.2. The number of hydrogen-bond acceptors (Lipinski definition) is 6. The number of nitrogens with zero attached hydrogens (tertiary/aromatic N) is 6. The first-order valence-corrected chi connectivity index (χ1v) is 11.4. The van der Waals surface area contributed by atoms with Crippen LogP contribution in [0.15, 0.2) is 55.1 Å². The molecule has 2 N–H and O–H groups in total. The summed E-state index contributed by atoms with van der Waals surface area (Å²) in [5.74, 6) is -0.282. The molecular weight excluding hydrogens is 430 g/mol. The van der Waals surface area contributed by atoms with Crippen LogP contribution < -0.4 is 5.32 Å². The zero-order valence-corrected chi connectivity index (χ0v) is 19.2. The Hall–Kier alpha value is -3.85. The third-order valence-electron chi connectivity index (χ3n) is 6.12. The van der Waals surface area contributed by atoms with E-state index in [0.29, 0.717) is 29.9 Å². The first kappa shape index (κ1) is 22.0. The number of aliphatic hydroxyl groups is 1. The van der Waals surface area contributed by atoms with E-state index >= 15 is 0 Å². The number of carbonyl (C=O) groups is 1. The summed E-state index contributed by atoms with van der Waals surface area (Å²) in [7, 11) is 3.72. The minimum Gasteiger partial charge on any atom is -0.391 e. The minimum atomic E-state index is -0.508. The summed E-state index contributed by atoms with van der Waals surface area (Å²) < 4.78 is 3.46. The Labute approximate surface area is 197 Å². The molecule has 9 nitrogen and oxygen atoms in total. The van der Waals surface area contributed by atoms with Gasteiger partial charge in [0.15, 0.2) is 0 Å². The van der Waals surface area contributed by atoms with E-state index in [1.807, 2.05) is 57.0 Å². The van der Waals surface area contributed by atoms with Gasteiger partial charge in [0, 0.05) is 38.2 Å². The van der Waals surface area contributed by atoms with Crippen molar-refractivity contribution in [2.45, 2.75) is 37.8 Å². The molecule has 1 aliphatic rings. The topological polar surface area (TPSA) is 111 Å². The lowest BCUT2D eigenvalue weighted by Gasteiger charge is -2.16. The standard InChI is InChI=1S/C25H27N7O2/c1-31-9-8-20(30-31)22-11-17(12-23(28-22)25(34)29-21-4-3-5-24(21)33)10-16-6-7-19(26-13-16)18-14-27-32(2)15-18/h6-9,11-15,21,24,33H,3-5,10H2,1-2H3,(H,29,34)/t21-,24-/m0/s1. The third-order valence-corrected chi connectivity index (χ3v) is 6.12. The summed E-state index contributed by atoms with van der Waals surface area (Å²) in [6, 6.07) is 9.41. The molecule has 0 aromatic carbocycles. The van der Waals surface area contributed by atoms with Crippen molar-refractivity contribution in [3.8, 4) is 22.6 Å².